The van der Waals surface area contributed by atoms with Gasteiger partial charge in [0, 0.05) is 25.5 Å². The monoisotopic (exact) mass is 411 g/mol. The van der Waals surface area contributed by atoms with Gasteiger partial charge in [-0.15, -0.1) is 0 Å². The summed E-state index contributed by atoms with van der Waals surface area (Å²) in [6.07, 6.45) is 0. The van der Waals surface area contributed by atoms with E-state index in [0.717, 1.165) is 4.31 Å². The number of benzene rings is 2. The molecule has 0 aliphatic heterocycles. The summed E-state index contributed by atoms with van der Waals surface area (Å²) >= 11 is 6.05. The average molecular weight is 412 g/mol. The highest BCUT2D eigenvalue weighted by atomic mass is 35.5. The summed E-state index contributed by atoms with van der Waals surface area (Å²) in [4.78, 5) is 12.3. The number of methoxy groups -OCH3 is 1. The third-order valence-corrected chi connectivity index (χ3v) is 6.09. The molecule has 146 valence electrons. The zero-order valence-corrected chi connectivity index (χ0v) is 17.1. The first-order chi connectivity index (χ1) is 12.6. The average Bonchev–Trinajstić information content (AvgIpc) is 2.61. The van der Waals surface area contributed by atoms with Crippen LogP contribution in [0.15, 0.2) is 41.3 Å². The van der Waals surface area contributed by atoms with Gasteiger partial charge in [-0.3, -0.25) is 4.79 Å². The highest BCUT2D eigenvalue weighted by Gasteiger charge is 2.20. The van der Waals surface area contributed by atoms with Gasteiger partial charge < -0.3 is 15.4 Å². The quantitative estimate of drug-likeness (QED) is 0.731. The summed E-state index contributed by atoms with van der Waals surface area (Å²) in [5.74, 6) is 0.222. The number of sulfonamides is 1. The standard InChI is InChI=1S/C18H22ClN3O4S/c1-12-5-6-14(10-17(12)27(24,25)22(2)3)21-18(23)11-20-13-7-8-16(26-4)15(19)9-13/h5-10,20H,11H2,1-4H3,(H,21,23). The lowest BCUT2D eigenvalue weighted by Crippen LogP contribution is -2.24. The van der Waals surface area contributed by atoms with Crippen molar-refractivity contribution in [1.29, 1.82) is 0 Å². The van der Waals surface area contributed by atoms with Crippen molar-refractivity contribution in [3.8, 4) is 5.75 Å². The maximum atomic E-state index is 12.4. The zero-order valence-electron chi connectivity index (χ0n) is 15.5. The molecule has 0 aliphatic rings. The van der Waals surface area contributed by atoms with E-state index in [1.807, 2.05) is 0 Å². The van der Waals surface area contributed by atoms with Crippen molar-refractivity contribution < 1.29 is 17.9 Å². The Hall–Kier alpha value is -2.29. The number of ether oxygens (including phenoxy) is 1. The molecule has 0 saturated heterocycles. The van der Waals surface area contributed by atoms with Crippen molar-refractivity contribution in [2.75, 3.05) is 38.4 Å². The van der Waals surface area contributed by atoms with Gasteiger partial charge >= 0.3 is 0 Å². The number of hydrogen-bond acceptors (Lipinski definition) is 5. The zero-order chi connectivity index (χ0) is 20.2. The molecule has 1 amide bonds. The maximum Gasteiger partial charge on any atom is 0.243 e. The fourth-order valence-corrected chi connectivity index (χ4v) is 3.72. The van der Waals surface area contributed by atoms with Crippen LogP contribution in [0.1, 0.15) is 5.56 Å². The number of halogens is 1. The first-order valence-electron chi connectivity index (χ1n) is 8.05. The summed E-state index contributed by atoms with van der Waals surface area (Å²) in [5.41, 5.74) is 1.67. The van der Waals surface area contributed by atoms with E-state index in [9.17, 15) is 13.2 Å². The smallest absolute Gasteiger partial charge is 0.243 e. The second-order valence-electron chi connectivity index (χ2n) is 6.02. The molecule has 0 bridgehead atoms. The third-order valence-electron chi connectivity index (χ3n) is 3.84. The van der Waals surface area contributed by atoms with Gasteiger partial charge in [-0.1, -0.05) is 17.7 Å². The topological polar surface area (TPSA) is 87.7 Å². The Kier molecular flexibility index (Phi) is 6.69. The summed E-state index contributed by atoms with van der Waals surface area (Å²) in [7, 11) is 0.854. The van der Waals surface area contributed by atoms with E-state index < -0.39 is 10.0 Å². The predicted octanol–water partition coefficient (Wildman–Crippen LogP) is 2.96. The number of carbonyl (C=O) groups is 1. The SMILES string of the molecule is COc1ccc(NCC(=O)Nc2ccc(C)c(S(=O)(=O)N(C)C)c2)cc1Cl. The number of anilines is 2. The number of rotatable bonds is 7. The number of aryl methyl sites for hydroxylation is 1. The van der Waals surface area contributed by atoms with E-state index >= 15 is 0 Å². The Morgan fingerprint density at radius 1 is 1.15 bits per heavy atom. The van der Waals surface area contributed by atoms with E-state index in [-0.39, 0.29) is 17.3 Å². The van der Waals surface area contributed by atoms with E-state index in [2.05, 4.69) is 10.6 Å². The van der Waals surface area contributed by atoms with Gasteiger partial charge in [0.25, 0.3) is 0 Å². The Balaban J connectivity index is 2.07. The molecule has 0 saturated carbocycles. The number of carbonyl (C=O) groups excluding carboxylic acids is 1. The highest BCUT2D eigenvalue weighted by Crippen LogP contribution is 2.27. The molecule has 2 aromatic rings. The van der Waals surface area contributed by atoms with Crippen LogP contribution in [0, 0.1) is 6.92 Å². The summed E-state index contributed by atoms with van der Waals surface area (Å²) in [6.45, 7) is 1.70. The lowest BCUT2D eigenvalue weighted by Gasteiger charge is -2.15. The molecule has 27 heavy (non-hydrogen) atoms. The van der Waals surface area contributed by atoms with Crippen molar-refractivity contribution in [3.63, 3.8) is 0 Å². The molecule has 0 spiro atoms. The minimum absolute atomic E-state index is 0.00764. The van der Waals surface area contributed by atoms with Crippen LogP contribution in [0.3, 0.4) is 0 Å². The minimum Gasteiger partial charge on any atom is -0.495 e. The molecule has 7 nitrogen and oxygen atoms in total. The summed E-state index contributed by atoms with van der Waals surface area (Å²) < 4.78 is 30.9. The van der Waals surface area contributed by atoms with Crippen molar-refractivity contribution >= 4 is 38.9 Å². The van der Waals surface area contributed by atoms with Gasteiger partial charge in [-0.25, -0.2) is 12.7 Å². The molecule has 0 radical (unpaired) electrons. The van der Waals surface area contributed by atoms with E-state index in [1.165, 1.54) is 27.3 Å². The van der Waals surface area contributed by atoms with Gasteiger partial charge in [0.2, 0.25) is 15.9 Å². The van der Waals surface area contributed by atoms with Crippen molar-refractivity contribution in [2.24, 2.45) is 0 Å². The normalized spacial score (nSPS) is 11.3. The van der Waals surface area contributed by atoms with Crippen LogP contribution in [0.2, 0.25) is 5.02 Å². The van der Waals surface area contributed by atoms with Crippen LogP contribution in [0.4, 0.5) is 11.4 Å². The predicted molar refractivity (Wildman–Crippen MR) is 107 cm³/mol. The molecule has 0 fully saturated rings. The molecule has 2 aromatic carbocycles. The van der Waals surface area contributed by atoms with Crippen LogP contribution in [0.5, 0.6) is 5.75 Å². The van der Waals surface area contributed by atoms with E-state index in [0.29, 0.717) is 27.7 Å². The van der Waals surface area contributed by atoms with E-state index in [4.69, 9.17) is 16.3 Å². The second kappa shape index (κ2) is 8.60. The molecule has 2 rings (SSSR count). The largest absolute Gasteiger partial charge is 0.495 e. The van der Waals surface area contributed by atoms with E-state index in [1.54, 1.807) is 37.3 Å². The summed E-state index contributed by atoms with van der Waals surface area (Å²) in [6, 6.07) is 9.86. The molecule has 0 aromatic heterocycles. The molecule has 0 aliphatic carbocycles. The Morgan fingerprint density at radius 2 is 1.81 bits per heavy atom. The number of hydrogen-bond donors (Lipinski definition) is 2. The van der Waals surface area contributed by atoms with Crippen LogP contribution in [0.25, 0.3) is 0 Å². The van der Waals surface area contributed by atoms with Gasteiger partial charge in [0.15, 0.2) is 0 Å². The number of amides is 1. The first-order valence-corrected chi connectivity index (χ1v) is 9.87. The first kappa shape index (κ1) is 21.0. The lowest BCUT2D eigenvalue weighted by atomic mass is 10.2. The molecule has 9 heteroatoms. The fourth-order valence-electron chi connectivity index (χ4n) is 2.32. The van der Waals surface area contributed by atoms with Crippen LogP contribution >= 0.6 is 11.6 Å². The molecule has 0 atom stereocenters. The van der Waals surface area contributed by atoms with Crippen LogP contribution < -0.4 is 15.4 Å². The Bertz CT molecular complexity index is 946. The van der Waals surface area contributed by atoms with Gasteiger partial charge in [-0.05, 0) is 42.8 Å². The maximum absolute atomic E-state index is 12.4. The highest BCUT2D eigenvalue weighted by molar-refractivity contribution is 7.89. The van der Waals surface area contributed by atoms with Gasteiger partial charge in [0.05, 0.1) is 23.6 Å². The molecule has 0 heterocycles. The molecule has 2 N–H and O–H groups in total. The third kappa shape index (κ3) is 5.12. The Morgan fingerprint density at radius 3 is 2.41 bits per heavy atom. The second-order valence-corrected chi connectivity index (χ2v) is 8.55. The van der Waals surface area contributed by atoms with Crippen molar-refractivity contribution in [1.82, 2.24) is 4.31 Å². The van der Waals surface area contributed by atoms with Gasteiger partial charge in [-0.2, -0.15) is 0 Å². The number of nitrogens with one attached hydrogen (secondary N) is 2. The molecule has 0 unspecified atom stereocenters. The minimum atomic E-state index is -3.59. The van der Waals surface area contributed by atoms with Crippen LogP contribution in [-0.4, -0.2) is 46.4 Å². The Labute approximate surface area is 164 Å². The van der Waals surface area contributed by atoms with Crippen LogP contribution in [-0.2, 0) is 14.8 Å². The summed E-state index contributed by atoms with van der Waals surface area (Å²) in [5, 5.41) is 6.07. The van der Waals surface area contributed by atoms with Crippen molar-refractivity contribution in [2.45, 2.75) is 11.8 Å². The van der Waals surface area contributed by atoms with Gasteiger partial charge in [0.1, 0.15) is 5.75 Å². The fraction of sp³-hybridized carbons (Fsp3) is 0.278. The number of nitrogens with zero attached hydrogens (tertiary/aromatic N) is 1. The lowest BCUT2D eigenvalue weighted by molar-refractivity contribution is -0.114. The molecular formula is C18H22ClN3O4S. The van der Waals surface area contributed by atoms with Crippen molar-refractivity contribution in [3.05, 3.63) is 47.0 Å². The molecular weight excluding hydrogens is 390 g/mol.